The van der Waals surface area contributed by atoms with E-state index in [9.17, 15) is 23.1 Å². The number of halogens is 3. The summed E-state index contributed by atoms with van der Waals surface area (Å²) in [5.41, 5.74) is -0.777. The summed E-state index contributed by atoms with van der Waals surface area (Å²) >= 11 is 0. The van der Waals surface area contributed by atoms with Gasteiger partial charge in [0.2, 0.25) is 5.91 Å². The highest BCUT2D eigenvalue weighted by Crippen LogP contribution is 2.36. The maximum Gasteiger partial charge on any atom is 0.419 e. The number of nitrogens with one attached hydrogen (secondary N) is 2. The summed E-state index contributed by atoms with van der Waals surface area (Å²) in [6, 6.07) is 2.28. The maximum absolute atomic E-state index is 13.2. The minimum atomic E-state index is -4.48. The molecule has 3 heterocycles. The Kier molecular flexibility index (Phi) is 5.67. The number of alkyl halides is 3. The minimum absolute atomic E-state index is 0.0359. The number of aromatic nitrogens is 1. The molecule has 1 amide bonds. The van der Waals surface area contributed by atoms with E-state index in [2.05, 4.69) is 15.6 Å². The van der Waals surface area contributed by atoms with Crippen LogP contribution in [0.3, 0.4) is 0 Å². The molecule has 6 nitrogen and oxygen atoms in total. The SMILES string of the molecule is O=C(NCC1CNCC1O)C1CCCN(c2ncccc2C(F)(F)F)C1. The monoisotopic (exact) mass is 372 g/mol. The topological polar surface area (TPSA) is 77.5 Å². The van der Waals surface area contributed by atoms with Gasteiger partial charge in [0.05, 0.1) is 17.6 Å². The van der Waals surface area contributed by atoms with Gasteiger partial charge < -0.3 is 20.6 Å². The Morgan fingerprint density at radius 1 is 1.42 bits per heavy atom. The molecule has 3 atom stereocenters. The third-order valence-electron chi connectivity index (χ3n) is 5.03. The summed E-state index contributed by atoms with van der Waals surface area (Å²) in [7, 11) is 0. The fourth-order valence-corrected chi connectivity index (χ4v) is 3.56. The van der Waals surface area contributed by atoms with Gasteiger partial charge in [0.25, 0.3) is 0 Å². The van der Waals surface area contributed by atoms with Crippen molar-refractivity contribution in [3.05, 3.63) is 23.9 Å². The molecule has 1 aromatic rings. The lowest BCUT2D eigenvalue weighted by molar-refractivity contribution is -0.137. The van der Waals surface area contributed by atoms with Crippen molar-refractivity contribution in [1.29, 1.82) is 0 Å². The number of rotatable bonds is 4. The highest BCUT2D eigenvalue weighted by molar-refractivity contribution is 5.79. The van der Waals surface area contributed by atoms with Crippen LogP contribution in [0.4, 0.5) is 19.0 Å². The molecule has 2 aliphatic rings. The fourth-order valence-electron chi connectivity index (χ4n) is 3.56. The first-order valence-electron chi connectivity index (χ1n) is 8.80. The summed E-state index contributed by atoms with van der Waals surface area (Å²) in [6.45, 7) is 2.16. The first kappa shape index (κ1) is 18.9. The van der Waals surface area contributed by atoms with Crippen molar-refractivity contribution in [3.8, 4) is 0 Å². The van der Waals surface area contributed by atoms with Crippen LogP contribution in [-0.2, 0) is 11.0 Å². The quantitative estimate of drug-likeness (QED) is 0.736. The minimum Gasteiger partial charge on any atom is -0.391 e. The van der Waals surface area contributed by atoms with Crippen LogP contribution in [0.25, 0.3) is 0 Å². The number of nitrogens with zero attached hydrogens (tertiary/aromatic N) is 2. The fraction of sp³-hybridized carbons (Fsp3) is 0.647. The molecule has 0 aliphatic carbocycles. The number of carbonyl (C=O) groups is 1. The molecular weight excluding hydrogens is 349 g/mol. The van der Waals surface area contributed by atoms with Crippen molar-refractivity contribution in [3.63, 3.8) is 0 Å². The number of piperidine rings is 1. The van der Waals surface area contributed by atoms with Crippen LogP contribution in [-0.4, -0.2) is 54.8 Å². The zero-order valence-corrected chi connectivity index (χ0v) is 14.3. The maximum atomic E-state index is 13.2. The largest absolute Gasteiger partial charge is 0.419 e. The van der Waals surface area contributed by atoms with Crippen molar-refractivity contribution in [2.45, 2.75) is 25.1 Å². The lowest BCUT2D eigenvalue weighted by atomic mass is 9.96. The van der Waals surface area contributed by atoms with E-state index < -0.39 is 23.8 Å². The van der Waals surface area contributed by atoms with E-state index in [4.69, 9.17) is 0 Å². The summed E-state index contributed by atoms with van der Waals surface area (Å²) in [4.78, 5) is 17.9. The van der Waals surface area contributed by atoms with E-state index >= 15 is 0 Å². The summed E-state index contributed by atoms with van der Waals surface area (Å²) < 4.78 is 39.6. The first-order valence-corrected chi connectivity index (χ1v) is 8.80. The zero-order valence-electron chi connectivity index (χ0n) is 14.3. The van der Waals surface area contributed by atoms with Crippen LogP contribution in [0.15, 0.2) is 18.3 Å². The molecule has 3 unspecified atom stereocenters. The van der Waals surface area contributed by atoms with Gasteiger partial charge in [-0.15, -0.1) is 0 Å². The van der Waals surface area contributed by atoms with E-state index in [1.807, 2.05) is 0 Å². The van der Waals surface area contributed by atoms with E-state index in [-0.39, 0.29) is 24.2 Å². The lowest BCUT2D eigenvalue weighted by Gasteiger charge is -2.34. The standard InChI is InChI=1S/C17H23F3N4O2/c18-17(19,20)13-4-1-5-22-15(13)24-6-2-3-11(10-24)16(26)23-8-12-7-21-9-14(12)25/h1,4-5,11-12,14,21,25H,2-3,6-10H2,(H,23,26). The predicted molar refractivity (Wildman–Crippen MR) is 89.6 cm³/mol. The van der Waals surface area contributed by atoms with Crippen molar-refractivity contribution in [2.75, 3.05) is 37.6 Å². The van der Waals surface area contributed by atoms with Gasteiger partial charge in [-0.2, -0.15) is 13.2 Å². The van der Waals surface area contributed by atoms with Crippen molar-refractivity contribution < 1.29 is 23.1 Å². The molecule has 2 aliphatic heterocycles. The average molecular weight is 372 g/mol. The zero-order chi connectivity index (χ0) is 18.7. The Labute approximate surface area is 149 Å². The van der Waals surface area contributed by atoms with Crippen LogP contribution in [0.5, 0.6) is 0 Å². The molecular formula is C17H23F3N4O2. The van der Waals surface area contributed by atoms with Gasteiger partial charge in [-0.05, 0) is 25.0 Å². The number of β-amino-alcohol motifs (C(OH)–C–C–N with tert-alkyl or cyclic N) is 1. The highest BCUT2D eigenvalue weighted by atomic mass is 19.4. The third-order valence-corrected chi connectivity index (χ3v) is 5.03. The molecule has 0 aromatic carbocycles. The number of amides is 1. The molecule has 2 fully saturated rings. The predicted octanol–water partition coefficient (Wildman–Crippen LogP) is 1.01. The Hall–Kier alpha value is -1.87. The van der Waals surface area contributed by atoms with Crippen molar-refractivity contribution >= 4 is 11.7 Å². The van der Waals surface area contributed by atoms with Gasteiger partial charge >= 0.3 is 6.18 Å². The number of aliphatic hydroxyl groups is 1. The molecule has 0 bridgehead atoms. The van der Waals surface area contributed by atoms with E-state index in [1.54, 1.807) is 4.90 Å². The van der Waals surface area contributed by atoms with Crippen LogP contribution >= 0.6 is 0 Å². The number of hydrogen-bond donors (Lipinski definition) is 3. The smallest absolute Gasteiger partial charge is 0.391 e. The van der Waals surface area contributed by atoms with Gasteiger partial charge in [-0.1, -0.05) is 0 Å². The normalized spacial score (nSPS) is 26.8. The highest BCUT2D eigenvalue weighted by Gasteiger charge is 2.37. The Morgan fingerprint density at radius 3 is 2.92 bits per heavy atom. The van der Waals surface area contributed by atoms with Crippen LogP contribution < -0.4 is 15.5 Å². The van der Waals surface area contributed by atoms with Gasteiger partial charge in [0.1, 0.15) is 5.82 Å². The third kappa shape index (κ3) is 4.27. The van der Waals surface area contributed by atoms with Crippen LogP contribution in [0.2, 0.25) is 0 Å². The molecule has 0 saturated carbocycles. The van der Waals surface area contributed by atoms with E-state index in [0.717, 1.165) is 6.07 Å². The molecule has 26 heavy (non-hydrogen) atoms. The second-order valence-corrected chi connectivity index (χ2v) is 6.89. The summed E-state index contributed by atoms with van der Waals surface area (Å²) in [6.07, 6.45) is -2.38. The number of carbonyl (C=O) groups excluding carboxylic acids is 1. The molecule has 3 rings (SSSR count). The lowest BCUT2D eigenvalue weighted by Crippen LogP contribution is -2.45. The Bertz CT molecular complexity index is 641. The number of hydrogen-bond acceptors (Lipinski definition) is 5. The molecule has 9 heteroatoms. The van der Waals surface area contributed by atoms with E-state index in [0.29, 0.717) is 39.0 Å². The van der Waals surface area contributed by atoms with Gasteiger partial charge in [-0.25, -0.2) is 4.98 Å². The van der Waals surface area contributed by atoms with Crippen molar-refractivity contribution in [1.82, 2.24) is 15.6 Å². The first-order chi connectivity index (χ1) is 12.4. The number of anilines is 1. The number of aliphatic hydroxyl groups excluding tert-OH is 1. The molecule has 0 spiro atoms. The van der Waals surface area contributed by atoms with Gasteiger partial charge in [0.15, 0.2) is 0 Å². The van der Waals surface area contributed by atoms with Crippen molar-refractivity contribution in [2.24, 2.45) is 11.8 Å². The Balaban J connectivity index is 1.63. The van der Waals surface area contributed by atoms with Crippen LogP contribution in [0.1, 0.15) is 18.4 Å². The van der Waals surface area contributed by atoms with Crippen LogP contribution in [0, 0.1) is 11.8 Å². The number of pyridine rings is 1. The average Bonchev–Trinajstić information content (AvgIpc) is 3.04. The summed E-state index contributed by atoms with van der Waals surface area (Å²) in [5, 5.41) is 15.7. The summed E-state index contributed by atoms with van der Waals surface area (Å²) in [5.74, 6) is -0.726. The second kappa shape index (κ2) is 7.79. The molecule has 1 aromatic heterocycles. The second-order valence-electron chi connectivity index (χ2n) is 6.89. The molecule has 2 saturated heterocycles. The Morgan fingerprint density at radius 2 is 2.23 bits per heavy atom. The van der Waals surface area contributed by atoms with Gasteiger partial charge in [0, 0.05) is 44.8 Å². The van der Waals surface area contributed by atoms with Gasteiger partial charge in [-0.3, -0.25) is 4.79 Å². The molecule has 0 radical (unpaired) electrons. The molecule has 3 N–H and O–H groups in total. The molecule has 144 valence electrons. The van der Waals surface area contributed by atoms with E-state index in [1.165, 1.54) is 12.3 Å².